The van der Waals surface area contributed by atoms with Crippen LogP contribution in [-0.2, 0) is 0 Å². The van der Waals surface area contributed by atoms with Gasteiger partial charge in [0.15, 0.2) is 0 Å². The van der Waals surface area contributed by atoms with Crippen LogP contribution in [-0.4, -0.2) is 41.2 Å². The van der Waals surface area contributed by atoms with Gasteiger partial charge in [-0.25, -0.2) is 0 Å². The fourth-order valence-electron chi connectivity index (χ4n) is 2.18. The average molecular weight is 199 g/mol. The molecule has 14 heavy (non-hydrogen) atoms. The number of piperidine rings is 1. The molecule has 1 saturated heterocycles. The molecular weight excluding hydrogens is 177 g/mol. The van der Waals surface area contributed by atoms with Crippen molar-refractivity contribution in [3.05, 3.63) is 0 Å². The Morgan fingerprint density at radius 3 is 2.14 bits per heavy atom. The highest BCUT2D eigenvalue weighted by Crippen LogP contribution is 2.24. The van der Waals surface area contributed by atoms with Gasteiger partial charge in [0, 0.05) is 0 Å². The third-order valence-corrected chi connectivity index (χ3v) is 3.27. The summed E-state index contributed by atoms with van der Waals surface area (Å²) in [5.41, 5.74) is 0. The van der Waals surface area contributed by atoms with E-state index in [1.54, 1.807) is 6.82 Å². The summed E-state index contributed by atoms with van der Waals surface area (Å²) in [5.74, 6) is 0.767. The van der Waals surface area contributed by atoms with Crippen molar-refractivity contribution in [2.75, 3.05) is 13.1 Å². The first-order chi connectivity index (χ1) is 6.52. The van der Waals surface area contributed by atoms with E-state index in [2.05, 4.69) is 18.7 Å². The van der Waals surface area contributed by atoms with Gasteiger partial charge in [-0.3, -0.25) is 0 Å². The molecule has 0 aromatic rings. The fraction of sp³-hybridized carbons (Fsp3) is 1.00. The van der Waals surface area contributed by atoms with Crippen LogP contribution in [0.3, 0.4) is 0 Å². The first-order valence-electron chi connectivity index (χ1n) is 5.62. The Balaban J connectivity index is 2.35. The molecule has 4 heteroatoms. The van der Waals surface area contributed by atoms with Gasteiger partial charge in [-0.2, -0.15) is 0 Å². The Morgan fingerprint density at radius 2 is 1.79 bits per heavy atom. The molecule has 0 bridgehead atoms. The van der Waals surface area contributed by atoms with Crippen molar-refractivity contribution in [1.82, 2.24) is 4.81 Å². The summed E-state index contributed by atoms with van der Waals surface area (Å²) >= 11 is 0. The number of aliphatic hydroxyl groups is 1. The van der Waals surface area contributed by atoms with Gasteiger partial charge in [0.25, 0.3) is 0 Å². The quantitative estimate of drug-likeness (QED) is 0.661. The van der Waals surface area contributed by atoms with Crippen molar-refractivity contribution in [2.24, 2.45) is 11.8 Å². The lowest BCUT2D eigenvalue weighted by Gasteiger charge is -2.35. The van der Waals surface area contributed by atoms with Gasteiger partial charge in [-0.1, -0.05) is 13.8 Å². The van der Waals surface area contributed by atoms with E-state index in [1.165, 1.54) is 0 Å². The van der Waals surface area contributed by atoms with E-state index in [1.807, 2.05) is 0 Å². The molecule has 0 radical (unpaired) electrons. The minimum Gasteiger partial charge on any atom is -0.437 e. The largest absolute Gasteiger partial charge is 0.437 e. The van der Waals surface area contributed by atoms with Crippen LogP contribution in [0.25, 0.3) is 0 Å². The zero-order chi connectivity index (χ0) is 10.7. The predicted molar refractivity (Wildman–Crippen MR) is 59.0 cm³/mol. The van der Waals surface area contributed by atoms with E-state index in [0.29, 0.717) is 11.8 Å². The molecular formula is C10H22BNO2. The number of hydrogen-bond donors (Lipinski definition) is 2. The van der Waals surface area contributed by atoms with Crippen LogP contribution < -0.4 is 0 Å². The van der Waals surface area contributed by atoms with Crippen LogP contribution in [0.4, 0.5) is 0 Å². The predicted octanol–water partition coefficient (Wildman–Crippen LogP) is 0.826. The van der Waals surface area contributed by atoms with Crippen molar-refractivity contribution in [1.29, 1.82) is 0 Å². The van der Waals surface area contributed by atoms with Crippen molar-refractivity contribution >= 4 is 7.05 Å². The Hall–Kier alpha value is -0.0551. The van der Waals surface area contributed by atoms with Gasteiger partial charge >= 0.3 is 7.05 Å². The number of nitrogens with zero attached hydrogens (tertiary/aromatic N) is 1. The van der Waals surface area contributed by atoms with E-state index in [-0.39, 0.29) is 13.2 Å². The molecule has 0 aliphatic carbocycles. The van der Waals surface area contributed by atoms with Crippen LogP contribution in [0, 0.1) is 11.8 Å². The molecule has 0 spiro atoms. The third-order valence-electron chi connectivity index (χ3n) is 3.27. The van der Waals surface area contributed by atoms with Crippen LogP contribution >= 0.6 is 0 Å². The van der Waals surface area contributed by atoms with Crippen molar-refractivity contribution in [3.8, 4) is 0 Å². The maximum absolute atomic E-state index is 9.90. The Morgan fingerprint density at radius 1 is 1.29 bits per heavy atom. The van der Waals surface area contributed by atoms with Gasteiger partial charge in [0.05, 0.1) is 6.10 Å². The molecule has 0 aromatic carbocycles. The number of rotatable bonds is 3. The first-order valence-corrected chi connectivity index (χ1v) is 5.62. The second kappa shape index (κ2) is 5.15. The molecule has 2 N–H and O–H groups in total. The van der Waals surface area contributed by atoms with Crippen LogP contribution in [0.5, 0.6) is 0 Å². The fourth-order valence-corrected chi connectivity index (χ4v) is 2.18. The zero-order valence-corrected chi connectivity index (χ0v) is 9.48. The van der Waals surface area contributed by atoms with Crippen LogP contribution in [0.1, 0.15) is 26.7 Å². The van der Waals surface area contributed by atoms with Crippen molar-refractivity contribution < 1.29 is 10.1 Å². The van der Waals surface area contributed by atoms with E-state index >= 15 is 0 Å². The molecule has 0 aromatic heterocycles. The van der Waals surface area contributed by atoms with Crippen molar-refractivity contribution in [3.63, 3.8) is 0 Å². The molecule has 1 heterocycles. The highest BCUT2D eigenvalue weighted by Gasteiger charge is 2.29. The highest BCUT2D eigenvalue weighted by atomic mass is 16.3. The van der Waals surface area contributed by atoms with Gasteiger partial charge in [-0.15, -0.1) is 0 Å². The van der Waals surface area contributed by atoms with E-state index < -0.39 is 0 Å². The van der Waals surface area contributed by atoms with Gasteiger partial charge < -0.3 is 14.9 Å². The van der Waals surface area contributed by atoms with E-state index in [9.17, 15) is 10.1 Å². The first kappa shape index (κ1) is 12.0. The summed E-state index contributed by atoms with van der Waals surface area (Å²) in [5, 5.41) is 19.3. The molecule has 1 unspecified atom stereocenters. The molecule has 3 nitrogen and oxygen atoms in total. The highest BCUT2D eigenvalue weighted by molar-refractivity contribution is 6.45. The molecule has 1 fully saturated rings. The smallest absolute Gasteiger partial charge is 0.376 e. The van der Waals surface area contributed by atoms with Gasteiger partial charge in [-0.05, 0) is 44.6 Å². The summed E-state index contributed by atoms with van der Waals surface area (Å²) in [6, 6.07) is 0. The minimum atomic E-state index is -0.341. The summed E-state index contributed by atoms with van der Waals surface area (Å²) in [7, 11) is -0.341. The monoisotopic (exact) mass is 199 g/mol. The van der Waals surface area contributed by atoms with E-state index in [4.69, 9.17) is 0 Å². The molecule has 1 aliphatic heterocycles. The Labute approximate surface area is 87.2 Å². The second-order valence-corrected chi connectivity index (χ2v) is 4.74. The summed E-state index contributed by atoms with van der Waals surface area (Å²) in [6.07, 6.45) is 1.83. The molecule has 1 rings (SSSR count). The molecule has 0 saturated carbocycles. The maximum atomic E-state index is 9.90. The summed E-state index contributed by atoms with van der Waals surface area (Å²) in [6.45, 7) is 7.74. The second-order valence-electron chi connectivity index (χ2n) is 4.74. The SMILES string of the molecule is CB(O)N1CCC(C(O)C(C)C)CC1. The molecule has 1 aliphatic rings. The lowest BCUT2D eigenvalue weighted by molar-refractivity contribution is 0.0382. The number of aliphatic hydroxyl groups excluding tert-OH is 1. The number of hydrogen-bond acceptors (Lipinski definition) is 3. The standard InChI is InChI=1S/C10H22BNO2/c1-8(2)10(13)9-4-6-12(7-5-9)11(3)14/h8-10,13-14H,4-7H2,1-3H3. The van der Waals surface area contributed by atoms with Gasteiger partial charge in [0.1, 0.15) is 0 Å². The zero-order valence-electron chi connectivity index (χ0n) is 9.48. The van der Waals surface area contributed by atoms with Crippen LogP contribution in [0.2, 0.25) is 6.82 Å². The minimum absolute atomic E-state index is 0.175. The van der Waals surface area contributed by atoms with Gasteiger partial charge in [0.2, 0.25) is 0 Å². The van der Waals surface area contributed by atoms with Crippen molar-refractivity contribution in [2.45, 2.75) is 39.6 Å². The summed E-state index contributed by atoms with van der Waals surface area (Å²) < 4.78 is 0. The Bertz CT molecular complexity index is 168. The maximum Gasteiger partial charge on any atom is 0.376 e. The van der Waals surface area contributed by atoms with Crippen LogP contribution in [0.15, 0.2) is 0 Å². The summed E-state index contributed by atoms with van der Waals surface area (Å²) in [4.78, 5) is 2.06. The third kappa shape index (κ3) is 2.97. The average Bonchev–Trinajstić information content (AvgIpc) is 2.16. The normalized spacial score (nSPS) is 22.7. The lowest BCUT2D eigenvalue weighted by Crippen LogP contribution is -2.45. The van der Waals surface area contributed by atoms with E-state index in [0.717, 1.165) is 25.9 Å². The topological polar surface area (TPSA) is 43.7 Å². The molecule has 82 valence electrons. The molecule has 1 atom stereocenters. The Kier molecular flexibility index (Phi) is 4.42. The molecule has 0 amide bonds. The lowest BCUT2D eigenvalue weighted by atomic mass is 9.78.